The van der Waals surface area contributed by atoms with E-state index in [1.165, 1.54) is 24.7 Å². The molecule has 4 saturated carbocycles. The quantitative estimate of drug-likeness (QED) is 0.207. The molecule has 0 radical (unpaired) electrons. The number of carbonyl (C=O) groups is 2. The summed E-state index contributed by atoms with van der Waals surface area (Å²) in [5.41, 5.74) is -0.219. The van der Waals surface area contributed by atoms with Crippen LogP contribution in [0.15, 0.2) is 12.1 Å². The Morgan fingerprint density at radius 1 is 1.10 bits per heavy atom. The number of benzene rings is 1. The van der Waals surface area contributed by atoms with E-state index >= 15 is 0 Å². The van der Waals surface area contributed by atoms with Crippen LogP contribution < -0.4 is 10.1 Å². The van der Waals surface area contributed by atoms with Crippen molar-refractivity contribution < 1.29 is 59.1 Å². The highest BCUT2D eigenvalue weighted by atomic mass is 32.1. The number of hydrogen-bond donors (Lipinski definition) is 6. The number of fused-ring (bicyclic) bond motifs is 1. The molecule has 7 unspecified atom stereocenters. The first-order valence-corrected chi connectivity index (χ1v) is 17.8. The van der Waals surface area contributed by atoms with E-state index in [9.17, 15) is 35.1 Å². The highest BCUT2D eigenvalue weighted by molar-refractivity contribution is 7.18. The lowest BCUT2D eigenvalue weighted by Crippen LogP contribution is -2.76. The average Bonchev–Trinajstić information content (AvgIpc) is 3.47. The van der Waals surface area contributed by atoms with Crippen molar-refractivity contribution in [3.05, 3.63) is 22.7 Å². The van der Waals surface area contributed by atoms with Crippen LogP contribution in [0.25, 0.3) is 10.2 Å². The second-order valence-electron chi connectivity index (χ2n) is 15.7. The zero-order valence-corrected chi connectivity index (χ0v) is 29.1. The number of rotatable bonds is 9. The Labute approximate surface area is 287 Å². The van der Waals surface area contributed by atoms with Crippen molar-refractivity contribution in [3.8, 4) is 5.75 Å². The third-order valence-corrected chi connectivity index (χ3v) is 12.8. The molecule has 4 aliphatic carbocycles. The molecule has 4 bridgehead atoms. The summed E-state index contributed by atoms with van der Waals surface area (Å²) in [7, 11) is 1.58. The number of amides is 1. The summed E-state index contributed by atoms with van der Waals surface area (Å²) in [5, 5.41) is 56.0. The maximum absolute atomic E-state index is 13.1. The largest absolute Gasteiger partial charge is 0.476 e. The number of nitrogens with zero attached hydrogens (tertiary/aromatic N) is 1. The molecule has 1 aromatic carbocycles. The van der Waals surface area contributed by atoms with Gasteiger partial charge in [0.15, 0.2) is 11.4 Å². The number of nitrogens with one attached hydrogen (secondary N) is 1. The molecule has 2 aromatic rings. The number of hydrogen-bond acceptors (Lipinski definition) is 13. The van der Waals surface area contributed by atoms with Crippen LogP contribution in [-0.4, -0.2) is 98.0 Å². The van der Waals surface area contributed by atoms with Crippen LogP contribution in [0.2, 0.25) is 0 Å². The zero-order chi connectivity index (χ0) is 35.3. The van der Waals surface area contributed by atoms with E-state index < -0.39 is 72.5 Å². The molecule has 2 saturated heterocycles. The van der Waals surface area contributed by atoms with Crippen LogP contribution in [0.4, 0.5) is 0 Å². The highest BCUT2D eigenvalue weighted by Crippen LogP contribution is 2.69. The third kappa shape index (κ3) is 5.30. The van der Waals surface area contributed by atoms with Crippen LogP contribution in [0.3, 0.4) is 0 Å². The third-order valence-electron chi connectivity index (χ3n) is 11.4. The van der Waals surface area contributed by atoms with Gasteiger partial charge in [0.05, 0.1) is 34.9 Å². The van der Waals surface area contributed by atoms with Gasteiger partial charge in [0, 0.05) is 25.0 Å². The summed E-state index contributed by atoms with van der Waals surface area (Å²) in [4.78, 5) is 42.2. The first-order valence-electron chi connectivity index (χ1n) is 17.0. The Balaban J connectivity index is 1.35. The first-order chi connectivity index (χ1) is 23.1. The molecule has 49 heavy (non-hydrogen) atoms. The second kappa shape index (κ2) is 12.1. The lowest BCUT2D eigenvalue weighted by Gasteiger charge is -2.68. The summed E-state index contributed by atoms with van der Waals surface area (Å²) in [6.07, 6.45) is -2.40. The van der Waals surface area contributed by atoms with Gasteiger partial charge in [-0.2, -0.15) is 4.89 Å². The van der Waals surface area contributed by atoms with E-state index in [1.54, 1.807) is 13.2 Å². The van der Waals surface area contributed by atoms with Crippen LogP contribution in [0.5, 0.6) is 5.75 Å². The molecule has 15 heteroatoms. The summed E-state index contributed by atoms with van der Waals surface area (Å²) in [6, 6.07) is 2.22. The molecule has 3 heterocycles. The molecule has 7 atom stereocenters. The van der Waals surface area contributed by atoms with E-state index in [0.717, 1.165) is 30.7 Å². The van der Waals surface area contributed by atoms with Crippen molar-refractivity contribution in [2.75, 3.05) is 13.7 Å². The van der Waals surface area contributed by atoms with E-state index in [-0.39, 0.29) is 23.0 Å². The molecule has 1 amide bonds. The zero-order valence-electron chi connectivity index (χ0n) is 28.2. The Hall–Kier alpha value is -2.47. The van der Waals surface area contributed by atoms with Gasteiger partial charge in [-0.25, -0.2) is 14.7 Å². The Morgan fingerprint density at radius 3 is 2.27 bits per heavy atom. The number of aliphatic carboxylic acids is 1. The summed E-state index contributed by atoms with van der Waals surface area (Å²) in [6.45, 7) is 6.31. The van der Waals surface area contributed by atoms with Crippen molar-refractivity contribution in [2.24, 2.45) is 23.7 Å². The molecule has 6 aliphatic rings. The smallest absolute Gasteiger partial charge is 0.377 e. The van der Waals surface area contributed by atoms with Crippen LogP contribution in [0, 0.1) is 23.7 Å². The number of methoxy groups -OCH3 is 1. The number of carbonyl (C=O) groups excluding carboxylic acids is 1. The lowest BCUT2D eigenvalue weighted by atomic mass is 9.47. The Morgan fingerprint density at radius 2 is 1.76 bits per heavy atom. The number of carboxylic acids is 1. The van der Waals surface area contributed by atoms with Gasteiger partial charge in [-0.1, -0.05) is 20.8 Å². The van der Waals surface area contributed by atoms with Gasteiger partial charge in [-0.3, -0.25) is 4.79 Å². The molecule has 6 N–H and O–H groups in total. The van der Waals surface area contributed by atoms with Gasteiger partial charge >= 0.3 is 11.8 Å². The number of aliphatic hydroxyl groups is 4. The summed E-state index contributed by atoms with van der Waals surface area (Å²) >= 11 is 1.42. The molecule has 270 valence electrons. The highest BCUT2D eigenvalue weighted by Gasteiger charge is 2.76. The number of aromatic nitrogens is 1. The molecule has 1 aromatic heterocycles. The summed E-state index contributed by atoms with van der Waals surface area (Å²) in [5.74, 6) is -4.46. The molecule has 1 spiro atoms. The fourth-order valence-electron chi connectivity index (χ4n) is 9.35. The van der Waals surface area contributed by atoms with Crippen LogP contribution >= 0.6 is 11.3 Å². The van der Waals surface area contributed by atoms with Gasteiger partial charge in [0.1, 0.15) is 23.8 Å². The van der Waals surface area contributed by atoms with Crippen molar-refractivity contribution in [2.45, 2.75) is 119 Å². The summed E-state index contributed by atoms with van der Waals surface area (Å²) < 4.78 is 19.3. The van der Waals surface area contributed by atoms with Gasteiger partial charge in [0.25, 0.3) is 5.79 Å². The van der Waals surface area contributed by atoms with Gasteiger partial charge in [-0.15, -0.1) is 11.3 Å². The van der Waals surface area contributed by atoms with Crippen molar-refractivity contribution in [1.29, 1.82) is 0 Å². The minimum absolute atomic E-state index is 0.00802. The number of thiazole rings is 1. The Kier molecular flexibility index (Phi) is 8.60. The fraction of sp³-hybridized carbons (Fsp3) is 0.735. The van der Waals surface area contributed by atoms with E-state index in [1.807, 2.05) is 26.8 Å². The second-order valence-corrected chi connectivity index (χ2v) is 16.7. The first kappa shape index (κ1) is 35.0. The van der Waals surface area contributed by atoms with Crippen molar-refractivity contribution >= 4 is 33.4 Å². The van der Waals surface area contributed by atoms with E-state index in [0.29, 0.717) is 27.6 Å². The SMILES string of the molecule is COC1(c2cc(OC3(C(=O)O)CC(O)C(NC(C)=O)C(C(O)C(O)CO)O3)c3nc(C(C)(C)C)sc3c2)OOC12C1CC3CC(C1)CC2C3. The number of carboxylic acid groups (broad SMARTS) is 1. The normalized spacial score (nSPS) is 39.5. The van der Waals surface area contributed by atoms with E-state index in [2.05, 4.69) is 5.32 Å². The standard InChI is InChI=1S/C34H46N2O12S/c1-15(38)35-25-21(39)13-32(30(42)43,46-28(25)27(41)22(40)14-37)45-23-11-20(12-24-26(23)36-29(49-24)31(2,3)4)34(44-5)33(47-48-34)18-7-16-6-17(9-18)10-19(33)8-16/h11-12,16-19,21-22,25,27-28,37,39-41H,6-10,13-14H2,1-5H3,(H,35,38)(H,42,43). The molecule has 2 aliphatic heterocycles. The van der Waals surface area contributed by atoms with Crippen molar-refractivity contribution in [3.63, 3.8) is 0 Å². The minimum atomic E-state index is -2.62. The van der Waals surface area contributed by atoms with Gasteiger partial charge in [0.2, 0.25) is 5.91 Å². The average molecular weight is 707 g/mol. The number of ether oxygens (including phenoxy) is 3. The lowest BCUT2D eigenvalue weighted by molar-refractivity contribution is -0.645. The molecule has 8 rings (SSSR count). The van der Waals surface area contributed by atoms with Gasteiger partial charge in [-0.05, 0) is 67.9 Å². The predicted molar refractivity (Wildman–Crippen MR) is 172 cm³/mol. The minimum Gasteiger partial charge on any atom is -0.476 e. The monoisotopic (exact) mass is 706 g/mol. The maximum atomic E-state index is 13.1. The van der Waals surface area contributed by atoms with Gasteiger partial charge < -0.3 is 45.1 Å². The fourth-order valence-corrected chi connectivity index (χ4v) is 10.4. The van der Waals surface area contributed by atoms with Crippen LogP contribution in [0.1, 0.15) is 76.8 Å². The topological polar surface area (TPSA) is 206 Å². The molecular formula is C34H46N2O12S. The molecule has 6 fully saturated rings. The van der Waals surface area contributed by atoms with Crippen molar-refractivity contribution in [1.82, 2.24) is 10.3 Å². The maximum Gasteiger partial charge on any atom is 0.377 e. The van der Waals surface area contributed by atoms with Crippen LogP contribution in [-0.2, 0) is 40.0 Å². The number of aliphatic hydroxyl groups excluding tert-OH is 4. The molecule has 14 nitrogen and oxygen atoms in total. The Bertz CT molecular complexity index is 1590. The molecular weight excluding hydrogens is 660 g/mol. The predicted octanol–water partition coefficient (Wildman–Crippen LogP) is 2.08. The van der Waals surface area contributed by atoms with E-state index in [4.69, 9.17) is 29.0 Å².